The largest absolute Gasteiger partial charge is 0.360 e. The first kappa shape index (κ1) is 24.2. The van der Waals surface area contributed by atoms with Gasteiger partial charge in [0.15, 0.2) is 0 Å². The summed E-state index contributed by atoms with van der Waals surface area (Å²) in [5, 5.41) is 0. The molecule has 0 saturated heterocycles. The third-order valence-electron chi connectivity index (χ3n) is 7.81. The van der Waals surface area contributed by atoms with E-state index in [9.17, 15) is 0 Å². The smallest absolute Gasteiger partial charge is 0.109 e. The molecule has 0 N–H and O–H groups in total. The standard InChI is InChI=1S/C25H49NO2/c1-16(2)22-12-10-18(5)14-24(22)27-20(7)26(9)21(8)28-25-15-19(6)11-13-23(25)17(3)4/h16-25H,10-15H2,1-9H3. The van der Waals surface area contributed by atoms with Gasteiger partial charge in [-0.05, 0) is 82.1 Å². The topological polar surface area (TPSA) is 21.7 Å². The van der Waals surface area contributed by atoms with Crippen molar-refractivity contribution in [2.24, 2.45) is 35.5 Å². The molecule has 2 fully saturated rings. The van der Waals surface area contributed by atoms with Gasteiger partial charge in [0.05, 0.1) is 12.2 Å². The van der Waals surface area contributed by atoms with E-state index in [0.29, 0.717) is 35.9 Å². The van der Waals surface area contributed by atoms with Crippen molar-refractivity contribution >= 4 is 0 Å². The maximum atomic E-state index is 6.65. The maximum Gasteiger partial charge on any atom is 0.109 e. The molecule has 0 spiro atoms. The molecule has 0 aliphatic heterocycles. The quantitative estimate of drug-likeness (QED) is 0.434. The molecule has 0 aromatic heterocycles. The highest BCUT2D eigenvalue weighted by atomic mass is 16.5. The summed E-state index contributed by atoms with van der Waals surface area (Å²) in [7, 11) is 2.17. The van der Waals surface area contributed by atoms with Gasteiger partial charge in [-0.1, -0.05) is 54.4 Å². The van der Waals surface area contributed by atoms with Crippen molar-refractivity contribution in [3.05, 3.63) is 0 Å². The van der Waals surface area contributed by atoms with Crippen molar-refractivity contribution < 1.29 is 9.47 Å². The van der Waals surface area contributed by atoms with Crippen LogP contribution in [0, 0.1) is 35.5 Å². The first-order chi connectivity index (χ1) is 13.1. The van der Waals surface area contributed by atoms with Crippen LogP contribution in [0.2, 0.25) is 0 Å². The van der Waals surface area contributed by atoms with E-state index in [4.69, 9.17) is 9.47 Å². The van der Waals surface area contributed by atoms with Crippen molar-refractivity contribution in [3.8, 4) is 0 Å². The van der Waals surface area contributed by atoms with E-state index in [1.165, 1.54) is 38.5 Å². The fourth-order valence-corrected chi connectivity index (χ4v) is 5.54. The summed E-state index contributed by atoms with van der Waals surface area (Å²) in [6, 6.07) is 0. The Morgan fingerprint density at radius 3 is 1.32 bits per heavy atom. The van der Waals surface area contributed by atoms with E-state index < -0.39 is 0 Å². The van der Waals surface area contributed by atoms with Crippen LogP contribution in [-0.4, -0.2) is 36.6 Å². The molecular weight excluding hydrogens is 346 g/mol. The Hall–Kier alpha value is -0.120. The van der Waals surface area contributed by atoms with Gasteiger partial charge in [0, 0.05) is 0 Å². The third-order valence-corrected chi connectivity index (χ3v) is 7.81. The Morgan fingerprint density at radius 1 is 0.643 bits per heavy atom. The Balaban J connectivity index is 1.94. The summed E-state index contributed by atoms with van der Waals surface area (Å²) in [6.45, 7) is 18.6. The molecule has 2 saturated carbocycles. The minimum absolute atomic E-state index is 0.0880. The maximum absolute atomic E-state index is 6.65. The fourth-order valence-electron chi connectivity index (χ4n) is 5.54. The Labute approximate surface area is 175 Å². The normalized spacial score (nSPS) is 36.9. The first-order valence-corrected chi connectivity index (χ1v) is 12.1. The van der Waals surface area contributed by atoms with Crippen molar-refractivity contribution in [3.63, 3.8) is 0 Å². The van der Waals surface area contributed by atoms with Gasteiger partial charge in [0.25, 0.3) is 0 Å². The van der Waals surface area contributed by atoms with Gasteiger partial charge in [0.2, 0.25) is 0 Å². The van der Waals surface area contributed by atoms with Crippen LogP contribution in [-0.2, 0) is 9.47 Å². The van der Waals surface area contributed by atoms with Crippen LogP contribution < -0.4 is 0 Å². The summed E-state index contributed by atoms with van der Waals surface area (Å²) in [5.74, 6) is 4.32. The minimum Gasteiger partial charge on any atom is -0.360 e. The van der Waals surface area contributed by atoms with Gasteiger partial charge in [0.1, 0.15) is 12.5 Å². The zero-order valence-corrected chi connectivity index (χ0v) is 20.3. The van der Waals surface area contributed by atoms with Crippen LogP contribution in [0.4, 0.5) is 0 Å². The Bertz CT molecular complexity index is 412. The number of rotatable bonds is 8. The number of hydrogen-bond donors (Lipinski definition) is 0. The highest BCUT2D eigenvalue weighted by molar-refractivity contribution is 4.83. The second kappa shape index (κ2) is 10.8. The van der Waals surface area contributed by atoms with Gasteiger partial charge in [-0.15, -0.1) is 0 Å². The monoisotopic (exact) mass is 395 g/mol. The molecule has 0 heterocycles. The molecule has 8 unspecified atom stereocenters. The SMILES string of the molecule is CC1CCC(C(C)C)C(OC(C)N(C)C(C)OC2CC(C)CCC2C(C)C)C1. The predicted molar refractivity (Wildman–Crippen MR) is 119 cm³/mol. The number of hydrogen-bond acceptors (Lipinski definition) is 3. The van der Waals surface area contributed by atoms with Crippen molar-refractivity contribution in [1.29, 1.82) is 0 Å². The molecule has 166 valence electrons. The molecule has 0 amide bonds. The Morgan fingerprint density at radius 2 is 1.00 bits per heavy atom. The molecule has 8 atom stereocenters. The molecule has 2 aliphatic carbocycles. The van der Waals surface area contributed by atoms with Crippen molar-refractivity contribution in [1.82, 2.24) is 4.90 Å². The zero-order chi connectivity index (χ0) is 21.0. The van der Waals surface area contributed by atoms with E-state index in [-0.39, 0.29) is 12.5 Å². The lowest BCUT2D eigenvalue weighted by molar-refractivity contribution is -0.194. The summed E-state index contributed by atoms with van der Waals surface area (Å²) in [6.07, 6.45) is 8.65. The second-order valence-electron chi connectivity index (χ2n) is 10.9. The van der Waals surface area contributed by atoms with Crippen molar-refractivity contribution in [2.75, 3.05) is 7.05 Å². The van der Waals surface area contributed by atoms with Crippen LogP contribution in [0.1, 0.15) is 93.9 Å². The summed E-state index contributed by atoms with van der Waals surface area (Å²) >= 11 is 0. The van der Waals surface area contributed by atoms with E-state index >= 15 is 0 Å². The molecule has 2 aliphatic rings. The van der Waals surface area contributed by atoms with Crippen LogP contribution >= 0.6 is 0 Å². The molecule has 0 aromatic carbocycles. The first-order valence-electron chi connectivity index (χ1n) is 12.1. The molecule has 2 rings (SSSR count). The zero-order valence-electron chi connectivity index (χ0n) is 20.3. The van der Waals surface area contributed by atoms with E-state index in [1.807, 2.05) is 0 Å². The average Bonchev–Trinajstić information content (AvgIpc) is 2.60. The Kier molecular flexibility index (Phi) is 9.29. The van der Waals surface area contributed by atoms with E-state index in [0.717, 1.165) is 11.8 Å². The van der Waals surface area contributed by atoms with Crippen LogP contribution in [0.5, 0.6) is 0 Å². The highest BCUT2D eigenvalue weighted by Gasteiger charge is 2.36. The molecule has 0 aromatic rings. The van der Waals surface area contributed by atoms with Gasteiger partial charge < -0.3 is 9.47 Å². The minimum atomic E-state index is 0.0880. The lowest BCUT2D eigenvalue weighted by Gasteiger charge is -2.43. The average molecular weight is 396 g/mol. The summed E-state index contributed by atoms with van der Waals surface area (Å²) in [5.41, 5.74) is 0. The van der Waals surface area contributed by atoms with Gasteiger partial charge in [-0.2, -0.15) is 0 Å². The predicted octanol–water partition coefficient (Wildman–Crippen LogP) is 6.57. The van der Waals surface area contributed by atoms with Gasteiger partial charge in [-0.3, -0.25) is 4.90 Å². The van der Waals surface area contributed by atoms with E-state index in [2.05, 4.69) is 67.3 Å². The van der Waals surface area contributed by atoms with Gasteiger partial charge in [-0.25, -0.2) is 0 Å². The third kappa shape index (κ3) is 6.44. The summed E-state index contributed by atoms with van der Waals surface area (Å²) < 4.78 is 13.3. The molecule has 0 bridgehead atoms. The van der Waals surface area contributed by atoms with Crippen LogP contribution in [0.3, 0.4) is 0 Å². The molecule has 3 heteroatoms. The molecule has 28 heavy (non-hydrogen) atoms. The molecular formula is C25H49NO2. The number of ether oxygens (including phenoxy) is 2. The highest BCUT2D eigenvalue weighted by Crippen LogP contribution is 2.38. The van der Waals surface area contributed by atoms with Gasteiger partial charge >= 0.3 is 0 Å². The number of nitrogens with zero attached hydrogens (tertiary/aromatic N) is 1. The molecule has 0 radical (unpaired) electrons. The summed E-state index contributed by atoms with van der Waals surface area (Å²) in [4.78, 5) is 2.30. The lowest BCUT2D eigenvalue weighted by atomic mass is 9.75. The van der Waals surface area contributed by atoms with Crippen LogP contribution in [0.25, 0.3) is 0 Å². The van der Waals surface area contributed by atoms with Crippen molar-refractivity contribution in [2.45, 2.75) is 119 Å². The fraction of sp³-hybridized carbons (Fsp3) is 1.00. The second-order valence-corrected chi connectivity index (χ2v) is 10.9. The van der Waals surface area contributed by atoms with E-state index in [1.54, 1.807) is 0 Å². The lowest BCUT2D eigenvalue weighted by Crippen LogP contribution is -2.47. The van der Waals surface area contributed by atoms with Crippen LogP contribution in [0.15, 0.2) is 0 Å². The molecule has 3 nitrogen and oxygen atoms in total.